The molecule has 2 aromatic rings. The number of likely N-dealkylation sites (N-methyl/N-ethyl adjacent to an activating group) is 1. The minimum Gasteiger partial charge on any atom is -0.323 e. The predicted octanol–water partition coefficient (Wildman–Crippen LogP) is 1.92. The Hall–Kier alpha value is -2.48. The van der Waals surface area contributed by atoms with Crippen LogP contribution in [0.15, 0.2) is 24.5 Å². The number of tetrazole rings is 1. The minimum atomic E-state index is -0.0378. The number of aromatic nitrogens is 4. The number of rotatable bonds is 5. The average Bonchev–Trinajstić information content (AvgIpc) is 3.28. The lowest BCUT2D eigenvalue weighted by Crippen LogP contribution is -2.39. The molecule has 1 aromatic carbocycles. The van der Waals surface area contributed by atoms with E-state index in [1.54, 1.807) is 11.0 Å². The number of hydrogen-bond donors (Lipinski definition) is 1. The maximum absolute atomic E-state index is 12.5. The molecular formula is C17H25N7O. The largest absolute Gasteiger partial charge is 0.323 e. The molecule has 1 fully saturated rings. The number of hydrogen-bond acceptors (Lipinski definition) is 5. The molecule has 1 aromatic heterocycles. The number of nitrogens with one attached hydrogen (secondary N) is 1. The minimum absolute atomic E-state index is 0.0378. The summed E-state index contributed by atoms with van der Waals surface area (Å²) >= 11 is 0. The van der Waals surface area contributed by atoms with E-state index in [2.05, 4.69) is 39.6 Å². The van der Waals surface area contributed by atoms with Gasteiger partial charge in [-0.1, -0.05) is 13.8 Å². The Bertz CT molecular complexity index is 712. The highest BCUT2D eigenvalue weighted by Gasteiger charge is 2.29. The molecule has 1 N–H and O–H groups in total. The number of likely N-dealkylation sites (tertiary alicyclic amines) is 1. The van der Waals surface area contributed by atoms with Gasteiger partial charge in [-0.2, -0.15) is 0 Å². The molecule has 25 heavy (non-hydrogen) atoms. The third-order valence-electron chi connectivity index (χ3n) is 4.82. The van der Waals surface area contributed by atoms with Crippen LogP contribution >= 0.6 is 0 Å². The molecule has 0 spiro atoms. The normalized spacial score (nSPS) is 17.3. The van der Waals surface area contributed by atoms with Gasteiger partial charge in [-0.15, -0.1) is 5.10 Å². The standard InChI is InChI=1S/C17H25N7O/c1-4-22(5-2)15-8-9-23(11-15)17(25)19-14-6-7-16(13(3)10-14)24-12-18-20-21-24/h6-7,10,12,15H,4-5,8-9,11H2,1-3H3,(H,19,25)/t15-/m0/s1. The van der Waals surface area contributed by atoms with Gasteiger partial charge in [0.15, 0.2) is 0 Å². The summed E-state index contributed by atoms with van der Waals surface area (Å²) in [6.07, 6.45) is 2.59. The second-order valence-electron chi connectivity index (χ2n) is 6.30. The zero-order chi connectivity index (χ0) is 17.8. The van der Waals surface area contributed by atoms with E-state index in [0.29, 0.717) is 6.04 Å². The van der Waals surface area contributed by atoms with Gasteiger partial charge in [0.25, 0.3) is 0 Å². The fraction of sp³-hybridized carbons (Fsp3) is 0.529. The van der Waals surface area contributed by atoms with Crippen LogP contribution in [0.1, 0.15) is 25.8 Å². The van der Waals surface area contributed by atoms with Crippen molar-refractivity contribution >= 4 is 11.7 Å². The van der Waals surface area contributed by atoms with Crippen LogP contribution in [-0.4, -0.2) is 68.3 Å². The molecule has 1 aliphatic rings. The Morgan fingerprint density at radius 2 is 2.16 bits per heavy atom. The molecule has 3 rings (SSSR count). The summed E-state index contributed by atoms with van der Waals surface area (Å²) in [7, 11) is 0. The van der Waals surface area contributed by atoms with Gasteiger partial charge in [0.05, 0.1) is 5.69 Å². The molecule has 0 radical (unpaired) electrons. The summed E-state index contributed by atoms with van der Waals surface area (Å²) in [5.41, 5.74) is 2.67. The average molecular weight is 343 g/mol. The lowest BCUT2D eigenvalue weighted by atomic mass is 10.2. The van der Waals surface area contributed by atoms with E-state index in [1.165, 1.54) is 0 Å². The van der Waals surface area contributed by atoms with Gasteiger partial charge in [0, 0.05) is 24.8 Å². The summed E-state index contributed by atoms with van der Waals surface area (Å²) in [5.74, 6) is 0. The van der Waals surface area contributed by atoms with Crippen LogP contribution in [0, 0.1) is 6.92 Å². The lowest BCUT2D eigenvalue weighted by Gasteiger charge is -2.26. The molecule has 1 saturated heterocycles. The molecule has 8 nitrogen and oxygen atoms in total. The van der Waals surface area contributed by atoms with E-state index in [-0.39, 0.29) is 6.03 Å². The summed E-state index contributed by atoms with van der Waals surface area (Å²) in [5, 5.41) is 14.2. The van der Waals surface area contributed by atoms with E-state index < -0.39 is 0 Å². The van der Waals surface area contributed by atoms with Crippen molar-refractivity contribution in [2.75, 3.05) is 31.5 Å². The number of urea groups is 1. The van der Waals surface area contributed by atoms with Crippen LogP contribution < -0.4 is 5.32 Å². The first-order valence-electron chi connectivity index (χ1n) is 8.76. The van der Waals surface area contributed by atoms with Gasteiger partial charge in [0.1, 0.15) is 6.33 Å². The van der Waals surface area contributed by atoms with Crippen molar-refractivity contribution in [3.63, 3.8) is 0 Å². The smallest absolute Gasteiger partial charge is 0.321 e. The van der Waals surface area contributed by atoms with Crippen molar-refractivity contribution < 1.29 is 4.79 Å². The number of carbonyl (C=O) groups is 1. The number of amides is 2. The number of nitrogens with zero attached hydrogens (tertiary/aromatic N) is 6. The highest BCUT2D eigenvalue weighted by molar-refractivity contribution is 5.89. The van der Waals surface area contributed by atoms with Crippen molar-refractivity contribution in [1.29, 1.82) is 0 Å². The van der Waals surface area contributed by atoms with Crippen LogP contribution in [0.5, 0.6) is 0 Å². The quantitative estimate of drug-likeness (QED) is 0.897. The maximum atomic E-state index is 12.5. The summed E-state index contributed by atoms with van der Waals surface area (Å²) < 4.78 is 1.61. The van der Waals surface area contributed by atoms with Crippen LogP contribution in [0.2, 0.25) is 0 Å². The monoisotopic (exact) mass is 343 g/mol. The molecule has 8 heteroatoms. The van der Waals surface area contributed by atoms with E-state index >= 15 is 0 Å². The SMILES string of the molecule is CCN(CC)[C@H]1CCN(C(=O)Nc2ccc(-n3cnnn3)c(C)c2)C1. The van der Waals surface area contributed by atoms with Crippen LogP contribution in [0.25, 0.3) is 5.69 Å². The Labute approximate surface area is 147 Å². The predicted molar refractivity (Wildman–Crippen MR) is 95.8 cm³/mol. The zero-order valence-electron chi connectivity index (χ0n) is 15.0. The molecular weight excluding hydrogens is 318 g/mol. The van der Waals surface area contributed by atoms with Crippen LogP contribution in [0.4, 0.5) is 10.5 Å². The van der Waals surface area contributed by atoms with E-state index in [4.69, 9.17) is 0 Å². The fourth-order valence-electron chi connectivity index (χ4n) is 3.43. The van der Waals surface area contributed by atoms with E-state index in [1.807, 2.05) is 30.0 Å². The maximum Gasteiger partial charge on any atom is 0.321 e. The molecule has 1 aliphatic heterocycles. The summed E-state index contributed by atoms with van der Waals surface area (Å²) in [4.78, 5) is 16.9. The van der Waals surface area contributed by atoms with E-state index in [0.717, 1.165) is 49.5 Å². The lowest BCUT2D eigenvalue weighted by molar-refractivity contribution is 0.202. The second-order valence-corrected chi connectivity index (χ2v) is 6.30. The van der Waals surface area contributed by atoms with Crippen molar-refractivity contribution in [3.05, 3.63) is 30.1 Å². The number of carbonyl (C=O) groups excluding carboxylic acids is 1. The molecule has 1 atom stereocenters. The summed E-state index contributed by atoms with van der Waals surface area (Å²) in [6, 6.07) is 6.14. The van der Waals surface area contributed by atoms with Crippen LogP contribution in [0.3, 0.4) is 0 Å². The molecule has 2 amide bonds. The Kier molecular flexibility index (Phi) is 5.28. The number of anilines is 1. The van der Waals surface area contributed by atoms with Crippen molar-refractivity contribution in [3.8, 4) is 5.69 Å². The molecule has 0 unspecified atom stereocenters. The first kappa shape index (κ1) is 17.3. The molecule has 134 valence electrons. The van der Waals surface area contributed by atoms with Crippen molar-refractivity contribution in [1.82, 2.24) is 30.0 Å². The highest BCUT2D eigenvalue weighted by atomic mass is 16.2. The van der Waals surface area contributed by atoms with Gasteiger partial charge in [-0.25, -0.2) is 9.48 Å². The molecule has 2 heterocycles. The van der Waals surface area contributed by atoms with Gasteiger partial charge in [-0.05, 0) is 60.6 Å². The Balaban J connectivity index is 1.63. The van der Waals surface area contributed by atoms with Gasteiger partial charge in [-0.3, -0.25) is 4.90 Å². The first-order chi connectivity index (χ1) is 12.1. The summed E-state index contributed by atoms with van der Waals surface area (Å²) in [6.45, 7) is 9.94. The van der Waals surface area contributed by atoms with Crippen LogP contribution in [-0.2, 0) is 0 Å². The Morgan fingerprint density at radius 1 is 1.36 bits per heavy atom. The first-order valence-corrected chi connectivity index (χ1v) is 8.76. The zero-order valence-corrected chi connectivity index (χ0v) is 15.0. The third kappa shape index (κ3) is 3.79. The van der Waals surface area contributed by atoms with Gasteiger partial charge < -0.3 is 10.2 Å². The van der Waals surface area contributed by atoms with E-state index in [9.17, 15) is 4.79 Å². The van der Waals surface area contributed by atoms with Gasteiger partial charge in [0.2, 0.25) is 0 Å². The fourth-order valence-corrected chi connectivity index (χ4v) is 3.43. The number of aryl methyl sites for hydroxylation is 1. The third-order valence-corrected chi connectivity index (χ3v) is 4.82. The van der Waals surface area contributed by atoms with Crippen molar-refractivity contribution in [2.45, 2.75) is 33.2 Å². The highest BCUT2D eigenvalue weighted by Crippen LogP contribution is 2.20. The Morgan fingerprint density at radius 3 is 2.80 bits per heavy atom. The van der Waals surface area contributed by atoms with Gasteiger partial charge >= 0.3 is 6.03 Å². The molecule has 0 bridgehead atoms. The second kappa shape index (κ2) is 7.60. The molecule has 0 aliphatic carbocycles. The van der Waals surface area contributed by atoms with Crippen molar-refractivity contribution in [2.24, 2.45) is 0 Å². The molecule has 0 saturated carbocycles. The number of benzene rings is 1. The topological polar surface area (TPSA) is 79.2 Å².